The molecule has 1 atom stereocenters. The maximum absolute atomic E-state index is 5.33. The van der Waals surface area contributed by atoms with Gasteiger partial charge in [-0.05, 0) is 38.6 Å². The van der Waals surface area contributed by atoms with Crippen molar-refractivity contribution in [2.45, 2.75) is 25.3 Å². The molecule has 2 nitrogen and oxygen atoms in total. The van der Waals surface area contributed by atoms with E-state index in [0.29, 0.717) is 6.04 Å². The van der Waals surface area contributed by atoms with Gasteiger partial charge in [0.05, 0.1) is 6.61 Å². The van der Waals surface area contributed by atoms with Crippen LogP contribution in [0.1, 0.15) is 19.3 Å². The SMILES string of the molecule is CN(CCCCS)C1CCOC1. The average molecular weight is 189 g/mol. The largest absolute Gasteiger partial charge is 0.380 e. The fraction of sp³-hybridized carbons (Fsp3) is 1.00. The Balaban J connectivity index is 2.05. The topological polar surface area (TPSA) is 12.5 Å². The normalized spacial score (nSPS) is 23.8. The molecule has 12 heavy (non-hydrogen) atoms. The standard InChI is InChI=1S/C9H19NOS/c1-10(5-2-3-7-12)9-4-6-11-8-9/h9,12H,2-8H2,1H3. The summed E-state index contributed by atoms with van der Waals surface area (Å²) in [4.78, 5) is 2.41. The van der Waals surface area contributed by atoms with Crippen molar-refractivity contribution in [1.29, 1.82) is 0 Å². The summed E-state index contributed by atoms with van der Waals surface area (Å²) in [6.45, 7) is 3.06. The van der Waals surface area contributed by atoms with Crippen molar-refractivity contribution in [2.24, 2.45) is 0 Å². The Bertz CT molecular complexity index is 115. The molecule has 1 aliphatic heterocycles. The third kappa shape index (κ3) is 3.33. The van der Waals surface area contributed by atoms with Crippen LogP contribution in [0.15, 0.2) is 0 Å². The summed E-state index contributed by atoms with van der Waals surface area (Å²) in [6.07, 6.45) is 3.69. The molecule has 0 aromatic rings. The summed E-state index contributed by atoms with van der Waals surface area (Å²) >= 11 is 4.19. The Morgan fingerprint density at radius 2 is 2.33 bits per heavy atom. The molecule has 1 saturated heterocycles. The molecule has 1 fully saturated rings. The van der Waals surface area contributed by atoms with Crippen molar-refractivity contribution in [3.63, 3.8) is 0 Å². The zero-order chi connectivity index (χ0) is 8.81. The van der Waals surface area contributed by atoms with Crippen molar-refractivity contribution >= 4 is 12.6 Å². The van der Waals surface area contributed by atoms with Gasteiger partial charge in [-0.1, -0.05) is 0 Å². The minimum atomic E-state index is 0.671. The van der Waals surface area contributed by atoms with Gasteiger partial charge in [0.2, 0.25) is 0 Å². The molecule has 1 aliphatic rings. The first-order chi connectivity index (χ1) is 5.84. The van der Waals surface area contributed by atoms with E-state index in [0.717, 1.165) is 19.0 Å². The Morgan fingerprint density at radius 3 is 2.92 bits per heavy atom. The summed E-state index contributed by atoms with van der Waals surface area (Å²) in [5, 5.41) is 0. The fourth-order valence-corrected chi connectivity index (χ4v) is 1.75. The molecule has 0 amide bonds. The molecule has 0 saturated carbocycles. The number of hydrogen-bond donors (Lipinski definition) is 1. The average Bonchev–Trinajstić information content (AvgIpc) is 2.56. The molecule has 0 bridgehead atoms. The number of rotatable bonds is 5. The van der Waals surface area contributed by atoms with Gasteiger partial charge in [0.1, 0.15) is 0 Å². The summed E-state index contributed by atoms with van der Waals surface area (Å²) in [5.41, 5.74) is 0. The van der Waals surface area contributed by atoms with Crippen LogP contribution < -0.4 is 0 Å². The number of thiol groups is 1. The summed E-state index contributed by atoms with van der Waals surface area (Å²) < 4.78 is 5.33. The van der Waals surface area contributed by atoms with E-state index in [1.165, 1.54) is 25.8 Å². The van der Waals surface area contributed by atoms with E-state index < -0.39 is 0 Å². The van der Waals surface area contributed by atoms with Gasteiger partial charge >= 0.3 is 0 Å². The van der Waals surface area contributed by atoms with E-state index in [4.69, 9.17) is 4.74 Å². The van der Waals surface area contributed by atoms with Crippen LogP contribution in [0.5, 0.6) is 0 Å². The van der Waals surface area contributed by atoms with Crippen molar-refractivity contribution in [2.75, 3.05) is 32.6 Å². The van der Waals surface area contributed by atoms with Gasteiger partial charge in [-0.3, -0.25) is 0 Å². The van der Waals surface area contributed by atoms with Crippen molar-refractivity contribution in [3.8, 4) is 0 Å². The lowest BCUT2D eigenvalue weighted by Crippen LogP contribution is -2.32. The second-order valence-electron chi connectivity index (χ2n) is 3.43. The lowest BCUT2D eigenvalue weighted by atomic mass is 10.2. The maximum Gasteiger partial charge on any atom is 0.0622 e. The molecular formula is C9H19NOS. The Kier molecular flexibility index (Phi) is 5.04. The molecular weight excluding hydrogens is 170 g/mol. The van der Waals surface area contributed by atoms with E-state index >= 15 is 0 Å². The smallest absolute Gasteiger partial charge is 0.0622 e. The zero-order valence-electron chi connectivity index (χ0n) is 7.83. The first-order valence-electron chi connectivity index (χ1n) is 4.73. The predicted molar refractivity (Wildman–Crippen MR) is 54.9 cm³/mol. The maximum atomic E-state index is 5.33. The quantitative estimate of drug-likeness (QED) is 0.519. The second kappa shape index (κ2) is 5.84. The molecule has 1 heterocycles. The van der Waals surface area contributed by atoms with Gasteiger partial charge in [-0.2, -0.15) is 12.6 Å². The summed E-state index contributed by atoms with van der Waals surface area (Å²) in [5.74, 6) is 1.01. The molecule has 0 spiro atoms. The predicted octanol–water partition coefficient (Wildman–Crippen LogP) is 1.42. The number of likely N-dealkylation sites (N-methyl/N-ethyl adjacent to an activating group) is 1. The lowest BCUT2D eigenvalue weighted by Gasteiger charge is -2.22. The van der Waals surface area contributed by atoms with Gasteiger partial charge in [0.25, 0.3) is 0 Å². The van der Waals surface area contributed by atoms with Crippen molar-refractivity contribution < 1.29 is 4.74 Å². The van der Waals surface area contributed by atoms with E-state index in [-0.39, 0.29) is 0 Å². The van der Waals surface area contributed by atoms with Crippen LogP contribution in [0.3, 0.4) is 0 Å². The molecule has 0 aromatic carbocycles. The van der Waals surface area contributed by atoms with Gasteiger partial charge in [-0.25, -0.2) is 0 Å². The van der Waals surface area contributed by atoms with E-state index in [2.05, 4.69) is 24.6 Å². The van der Waals surface area contributed by atoms with Crippen LogP contribution in [0.4, 0.5) is 0 Å². The molecule has 3 heteroatoms. The van der Waals surface area contributed by atoms with Gasteiger partial charge < -0.3 is 9.64 Å². The molecule has 0 N–H and O–H groups in total. The van der Waals surface area contributed by atoms with Crippen molar-refractivity contribution in [1.82, 2.24) is 4.90 Å². The van der Waals surface area contributed by atoms with Crippen LogP contribution in [-0.2, 0) is 4.74 Å². The Labute approximate surface area is 80.7 Å². The molecule has 1 unspecified atom stereocenters. The van der Waals surface area contributed by atoms with Crippen LogP contribution in [0.25, 0.3) is 0 Å². The van der Waals surface area contributed by atoms with Crippen LogP contribution >= 0.6 is 12.6 Å². The monoisotopic (exact) mass is 189 g/mol. The molecule has 0 radical (unpaired) electrons. The van der Waals surface area contributed by atoms with Gasteiger partial charge in [-0.15, -0.1) is 0 Å². The number of ether oxygens (including phenoxy) is 1. The van der Waals surface area contributed by atoms with Crippen molar-refractivity contribution in [3.05, 3.63) is 0 Å². The first-order valence-corrected chi connectivity index (χ1v) is 5.36. The van der Waals surface area contributed by atoms with Crippen LogP contribution in [-0.4, -0.2) is 43.5 Å². The van der Waals surface area contributed by atoms with Crippen LogP contribution in [0, 0.1) is 0 Å². The first kappa shape index (κ1) is 10.4. The lowest BCUT2D eigenvalue weighted by molar-refractivity contribution is 0.158. The highest BCUT2D eigenvalue weighted by atomic mass is 32.1. The van der Waals surface area contributed by atoms with E-state index in [1.54, 1.807) is 0 Å². The summed E-state index contributed by atoms with van der Waals surface area (Å²) in [7, 11) is 2.19. The number of hydrogen-bond acceptors (Lipinski definition) is 3. The fourth-order valence-electron chi connectivity index (χ4n) is 1.53. The van der Waals surface area contributed by atoms with Gasteiger partial charge in [0.15, 0.2) is 0 Å². The minimum Gasteiger partial charge on any atom is -0.380 e. The Hall–Kier alpha value is 0.270. The molecule has 72 valence electrons. The van der Waals surface area contributed by atoms with E-state index in [9.17, 15) is 0 Å². The number of nitrogens with zero attached hydrogens (tertiary/aromatic N) is 1. The molecule has 0 aromatic heterocycles. The highest BCUT2D eigenvalue weighted by Gasteiger charge is 2.19. The molecule has 1 rings (SSSR count). The Morgan fingerprint density at radius 1 is 1.50 bits per heavy atom. The third-order valence-corrected chi connectivity index (χ3v) is 2.76. The zero-order valence-corrected chi connectivity index (χ0v) is 8.72. The number of unbranched alkanes of at least 4 members (excludes halogenated alkanes) is 1. The molecule has 0 aliphatic carbocycles. The van der Waals surface area contributed by atoms with Gasteiger partial charge in [0, 0.05) is 12.6 Å². The highest BCUT2D eigenvalue weighted by molar-refractivity contribution is 7.80. The van der Waals surface area contributed by atoms with Crippen LogP contribution in [0.2, 0.25) is 0 Å². The minimum absolute atomic E-state index is 0.671. The second-order valence-corrected chi connectivity index (χ2v) is 3.88. The highest BCUT2D eigenvalue weighted by Crippen LogP contribution is 2.10. The van der Waals surface area contributed by atoms with E-state index in [1.807, 2.05) is 0 Å². The third-order valence-electron chi connectivity index (χ3n) is 2.45. The summed E-state index contributed by atoms with van der Waals surface area (Å²) in [6, 6.07) is 0.671.